The number of hydrogen-bond donors (Lipinski definition) is 0. The van der Waals surface area contributed by atoms with Gasteiger partial charge in [0.2, 0.25) is 11.8 Å². The van der Waals surface area contributed by atoms with Gasteiger partial charge in [0, 0.05) is 30.2 Å². The monoisotopic (exact) mass is 383 g/mol. The predicted octanol–water partition coefficient (Wildman–Crippen LogP) is 3.44. The van der Waals surface area contributed by atoms with Gasteiger partial charge >= 0.3 is 0 Å². The molecule has 0 saturated carbocycles. The first-order chi connectivity index (χ1) is 13.2. The van der Waals surface area contributed by atoms with Crippen molar-refractivity contribution in [2.45, 2.75) is 31.7 Å². The predicted molar refractivity (Wildman–Crippen MR) is 102 cm³/mol. The molecule has 140 valence electrons. The van der Waals surface area contributed by atoms with Crippen molar-refractivity contribution < 1.29 is 14.1 Å². The highest BCUT2D eigenvalue weighted by Gasteiger charge is 2.33. The van der Waals surface area contributed by atoms with Gasteiger partial charge in [-0.15, -0.1) is 11.3 Å². The summed E-state index contributed by atoms with van der Waals surface area (Å²) >= 11 is 1.67. The first kappa shape index (κ1) is 17.7. The Morgan fingerprint density at radius 1 is 1.26 bits per heavy atom. The van der Waals surface area contributed by atoms with Crippen molar-refractivity contribution in [3.8, 4) is 5.75 Å². The van der Waals surface area contributed by atoms with E-state index in [-0.39, 0.29) is 11.8 Å². The maximum atomic E-state index is 12.3. The summed E-state index contributed by atoms with van der Waals surface area (Å²) < 4.78 is 10.6. The van der Waals surface area contributed by atoms with Crippen LogP contribution in [-0.2, 0) is 24.2 Å². The first-order valence-electron chi connectivity index (χ1n) is 8.97. The Kier molecular flexibility index (Phi) is 5.20. The summed E-state index contributed by atoms with van der Waals surface area (Å²) in [6.45, 7) is 1.31. The minimum Gasteiger partial charge on any atom is -0.497 e. The van der Waals surface area contributed by atoms with E-state index in [9.17, 15) is 4.79 Å². The molecule has 1 atom stereocenters. The molecule has 7 heteroatoms. The normalized spacial score (nSPS) is 16.9. The van der Waals surface area contributed by atoms with E-state index in [2.05, 4.69) is 16.2 Å². The molecule has 4 rings (SSSR count). The zero-order chi connectivity index (χ0) is 18.6. The molecule has 0 aliphatic carbocycles. The van der Waals surface area contributed by atoms with Crippen LogP contribution in [0.1, 0.15) is 34.5 Å². The van der Waals surface area contributed by atoms with Gasteiger partial charge in [-0.2, -0.15) is 4.98 Å². The second-order valence-electron chi connectivity index (χ2n) is 6.65. The fraction of sp³-hybridized carbons (Fsp3) is 0.350. The summed E-state index contributed by atoms with van der Waals surface area (Å²) in [7, 11) is 1.66. The summed E-state index contributed by atoms with van der Waals surface area (Å²) in [5.41, 5.74) is 1.19. The number of aromatic nitrogens is 2. The molecular weight excluding hydrogens is 362 g/mol. The smallest absolute Gasteiger partial charge is 0.226 e. The SMILES string of the molecule is COc1ccc(CCc2nc(C3CC(=O)N(Cc4cccs4)C3)no2)cc1. The molecule has 1 aromatic carbocycles. The second-order valence-corrected chi connectivity index (χ2v) is 7.68. The number of rotatable bonds is 7. The molecule has 6 nitrogen and oxygen atoms in total. The van der Waals surface area contributed by atoms with Gasteiger partial charge in [-0.1, -0.05) is 23.4 Å². The maximum absolute atomic E-state index is 12.3. The summed E-state index contributed by atoms with van der Waals surface area (Å²) in [5, 5.41) is 6.15. The molecule has 1 amide bonds. The topological polar surface area (TPSA) is 68.5 Å². The van der Waals surface area contributed by atoms with Crippen molar-refractivity contribution >= 4 is 17.2 Å². The van der Waals surface area contributed by atoms with E-state index in [1.54, 1.807) is 18.4 Å². The van der Waals surface area contributed by atoms with Crippen molar-refractivity contribution in [2.75, 3.05) is 13.7 Å². The van der Waals surface area contributed by atoms with Crippen LogP contribution in [0.25, 0.3) is 0 Å². The lowest BCUT2D eigenvalue weighted by Gasteiger charge is -2.14. The zero-order valence-electron chi connectivity index (χ0n) is 15.1. The number of ether oxygens (including phenoxy) is 1. The number of benzene rings is 1. The number of aryl methyl sites for hydroxylation is 2. The average Bonchev–Trinajstić information content (AvgIpc) is 3.43. The highest BCUT2D eigenvalue weighted by atomic mass is 32.1. The van der Waals surface area contributed by atoms with E-state index in [1.165, 1.54) is 10.4 Å². The number of amides is 1. The average molecular weight is 383 g/mol. The van der Waals surface area contributed by atoms with Crippen LogP contribution < -0.4 is 4.74 Å². The Morgan fingerprint density at radius 3 is 2.85 bits per heavy atom. The summed E-state index contributed by atoms with van der Waals surface area (Å²) in [6, 6.07) is 12.0. The van der Waals surface area contributed by atoms with E-state index >= 15 is 0 Å². The molecule has 0 spiro atoms. The molecule has 1 saturated heterocycles. The van der Waals surface area contributed by atoms with E-state index in [0.717, 1.165) is 12.2 Å². The third-order valence-corrected chi connectivity index (χ3v) is 5.64. The van der Waals surface area contributed by atoms with Gasteiger partial charge in [0.05, 0.1) is 13.7 Å². The van der Waals surface area contributed by atoms with Gasteiger partial charge in [0.25, 0.3) is 0 Å². The van der Waals surface area contributed by atoms with E-state index in [1.807, 2.05) is 40.6 Å². The third-order valence-electron chi connectivity index (χ3n) is 4.78. The third kappa shape index (κ3) is 4.19. The molecule has 0 radical (unpaired) electrons. The Bertz CT molecular complexity index is 890. The number of nitrogens with zero attached hydrogens (tertiary/aromatic N) is 3. The van der Waals surface area contributed by atoms with Crippen LogP contribution >= 0.6 is 11.3 Å². The molecule has 27 heavy (non-hydrogen) atoms. The minimum atomic E-state index is 0.0101. The van der Waals surface area contributed by atoms with Crippen molar-refractivity contribution in [1.29, 1.82) is 0 Å². The molecule has 0 N–H and O–H groups in total. The van der Waals surface area contributed by atoms with Gasteiger partial charge in [0.1, 0.15) is 5.75 Å². The molecule has 0 bridgehead atoms. The number of methoxy groups -OCH3 is 1. The molecule has 2 aromatic heterocycles. The fourth-order valence-corrected chi connectivity index (χ4v) is 3.99. The number of hydrogen-bond acceptors (Lipinski definition) is 6. The lowest BCUT2D eigenvalue weighted by molar-refractivity contribution is -0.128. The lowest BCUT2D eigenvalue weighted by atomic mass is 10.1. The molecule has 3 aromatic rings. The highest BCUT2D eigenvalue weighted by Crippen LogP contribution is 2.28. The first-order valence-corrected chi connectivity index (χ1v) is 9.85. The minimum absolute atomic E-state index is 0.0101. The highest BCUT2D eigenvalue weighted by molar-refractivity contribution is 7.09. The van der Waals surface area contributed by atoms with Crippen LogP contribution in [0.5, 0.6) is 5.75 Å². The van der Waals surface area contributed by atoms with Crippen LogP contribution in [0.4, 0.5) is 0 Å². The molecule has 1 aliphatic heterocycles. The number of likely N-dealkylation sites (tertiary alicyclic amines) is 1. The van der Waals surface area contributed by atoms with E-state index in [4.69, 9.17) is 9.26 Å². The van der Waals surface area contributed by atoms with Crippen molar-refractivity contribution in [2.24, 2.45) is 0 Å². The largest absolute Gasteiger partial charge is 0.497 e. The molecule has 1 unspecified atom stereocenters. The van der Waals surface area contributed by atoms with Gasteiger partial charge in [-0.3, -0.25) is 4.79 Å². The Balaban J connectivity index is 1.34. The quantitative estimate of drug-likeness (QED) is 0.625. The fourth-order valence-electron chi connectivity index (χ4n) is 3.27. The summed E-state index contributed by atoms with van der Waals surface area (Å²) in [5.74, 6) is 2.26. The molecular formula is C20H21N3O3S. The van der Waals surface area contributed by atoms with Crippen LogP contribution in [0, 0.1) is 0 Å². The van der Waals surface area contributed by atoms with Crippen molar-refractivity contribution in [3.63, 3.8) is 0 Å². The lowest BCUT2D eigenvalue weighted by Crippen LogP contribution is -2.23. The molecule has 1 aliphatic rings. The Labute approximate surface area is 161 Å². The Hall–Kier alpha value is -2.67. The van der Waals surface area contributed by atoms with Crippen LogP contribution in [-0.4, -0.2) is 34.6 Å². The zero-order valence-corrected chi connectivity index (χ0v) is 15.9. The maximum Gasteiger partial charge on any atom is 0.226 e. The van der Waals surface area contributed by atoms with Gasteiger partial charge in [0.15, 0.2) is 5.82 Å². The second kappa shape index (κ2) is 7.92. The molecule has 1 fully saturated rings. The van der Waals surface area contributed by atoms with Crippen LogP contribution in [0.15, 0.2) is 46.3 Å². The van der Waals surface area contributed by atoms with Gasteiger partial charge < -0.3 is 14.2 Å². The van der Waals surface area contributed by atoms with E-state index < -0.39 is 0 Å². The van der Waals surface area contributed by atoms with Crippen LogP contribution in [0.2, 0.25) is 0 Å². The molecule has 3 heterocycles. The van der Waals surface area contributed by atoms with Gasteiger partial charge in [-0.25, -0.2) is 0 Å². The summed E-state index contributed by atoms with van der Waals surface area (Å²) in [6.07, 6.45) is 1.95. The van der Waals surface area contributed by atoms with Crippen molar-refractivity contribution in [1.82, 2.24) is 15.0 Å². The summed E-state index contributed by atoms with van der Waals surface area (Å²) in [4.78, 5) is 19.9. The standard InChI is InChI=1S/C20H21N3O3S/c1-25-16-7-4-14(5-8-16)6-9-18-21-20(22-26-18)15-11-19(24)23(12-15)13-17-3-2-10-27-17/h2-5,7-8,10,15H,6,9,11-13H2,1H3. The van der Waals surface area contributed by atoms with Crippen molar-refractivity contribution in [3.05, 3.63) is 63.9 Å². The van der Waals surface area contributed by atoms with E-state index in [0.29, 0.717) is 37.6 Å². The Morgan fingerprint density at radius 2 is 2.11 bits per heavy atom. The van der Waals surface area contributed by atoms with Gasteiger partial charge in [-0.05, 0) is 35.6 Å². The van der Waals surface area contributed by atoms with Crippen LogP contribution in [0.3, 0.4) is 0 Å². The number of thiophene rings is 1. The number of carbonyl (C=O) groups excluding carboxylic acids is 1. The number of carbonyl (C=O) groups is 1.